The number of hydrogen-bond acceptors (Lipinski definition) is 4. The number of piperidine rings is 1. The molecule has 2 aromatic carbocycles. The average Bonchev–Trinajstić information content (AvgIpc) is 3.16. The zero-order valence-corrected chi connectivity index (χ0v) is 18.8. The minimum Gasteiger partial charge on any atom is -0.497 e. The van der Waals surface area contributed by atoms with Gasteiger partial charge in [-0.2, -0.15) is 0 Å². The lowest BCUT2D eigenvalue weighted by atomic mass is 9.89. The summed E-state index contributed by atoms with van der Waals surface area (Å²) in [4.78, 5) is 25.6. The fourth-order valence-electron chi connectivity index (χ4n) is 4.90. The van der Waals surface area contributed by atoms with Crippen molar-refractivity contribution in [3.8, 4) is 5.75 Å². The van der Waals surface area contributed by atoms with Gasteiger partial charge in [0.25, 0.3) is 0 Å². The topological polar surface area (TPSA) is 92.0 Å². The first-order valence-corrected chi connectivity index (χ1v) is 11.4. The van der Waals surface area contributed by atoms with Crippen molar-refractivity contribution in [2.75, 3.05) is 20.2 Å². The van der Waals surface area contributed by atoms with Crippen LogP contribution in [0.1, 0.15) is 36.4 Å². The number of aryl methyl sites for hydroxylation is 1. The number of carboxylic acid groups (broad SMARTS) is 2. The number of carbonyl (C=O) groups is 2. The molecule has 3 aromatic rings. The van der Waals surface area contributed by atoms with Gasteiger partial charge in [0.05, 0.1) is 13.5 Å². The van der Waals surface area contributed by atoms with Gasteiger partial charge >= 0.3 is 11.9 Å². The molecule has 7 heteroatoms. The summed E-state index contributed by atoms with van der Waals surface area (Å²) in [5.74, 6) is -0.598. The number of fused-ring (bicyclic) bond motifs is 1. The van der Waals surface area contributed by atoms with Gasteiger partial charge in [-0.3, -0.25) is 14.5 Å². The maximum absolute atomic E-state index is 12.5. The molecule has 0 spiro atoms. The first-order chi connectivity index (χ1) is 16.0. The molecule has 4 rings (SSSR count). The number of aromatic nitrogens is 1. The molecule has 0 aliphatic carbocycles. The van der Waals surface area contributed by atoms with Crippen molar-refractivity contribution in [1.29, 1.82) is 0 Å². The van der Waals surface area contributed by atoms with Gasteiger partial charge in [-0.25, -0.2) is 0 Å². The highest BCUT2D eigenvalue weighted by Gasteiger charge is 2.33. The van der Waals surface area contributed by atoms with E-state index in [2.05, 4.69) is 24.3 Å². The van der Waals surface area contributed by atoms with Gasteiger partial charge in [0.2, 0.25) is 0 Å². The Kier molecular flexibility index (Phi) is 6.99. The smallest absolute Gasteiger partial charge is 0.325 e. The number of rotatable bonds is 9. The molecule has 1 atom stereocenters. The van der Waals surface area contributed by atoms with Crippen molar-refractivity contribution >= 4 is 22.8 Å². The lowest BCUT2D eigenvalue weighted by Crippen LogP contribution is -2.40. The number of nitrogens with zero attached hydrogens (tertiary/aromatic N) is 2. The monoisotopic (exact) mass is 450 g/mol. The molecule has 174 valence electrons. The second-order valence-electron chi connectivity index (χ2n) is 8.71. The molecule has 1 fully saturated rings. The van der Waals surface area contributed by atoms with Crippen molar-refractivity contribution in [1.82, 2.24) is 9.47 Å². The molecular weight excluding hydrogens is 420 g/mol. The number of benzene rings is 2. The van der Waals surface area contributed by atoms with Crippen LogP contribution in [0.4, 0.5) is 0 Å². The maximum atomic E-state index is 12.5. The second-order valence-corrected chi connectivity index (χ2v) is 8.71. The van der Waals surface area contributed by atoms with Crippen LogP contribution in [0, 0.1) is 5.92 Å². The third-order valence-corrected chi connectivity index (χ3v) is 6.60. The SMILES string of the molecule is COc1ccc2c(c1)c([C@H](C(=O)O)N1CCC(Cc3ccccc3)CC1)cn2CCC(=O)O. The summed E-state index contributed by atoms with van der Waals surface area (Å²) < 4.78 is 7.22. The number of ether oxygens (including phenoxy) is 1. The van der Waals surface area contributed by atoms with Gasteiger partial charge in [-0.15, -0.1) is 0 Å². The molecule has 0 unspecified atom stereocenters. The summed E-state index contributed by atoms with van der Waals surface area (Å²) in [7, 11) is 1.58. The van der Waals surface area contributed by atoms with Crippen LogP contribution in [0.3, 0.4) is 0 Å². The van der Waals surface area contributed by atoms with E-state index in [-0.39, 0.29) is 13.0 Å². The summed E-state index contributed by atoms with van der Waals surface area (Å²) >= 11 is 0. The number of hydrogen-bond donors (Lipinski definition) is 2. The van der Waals surface area contributed by atoms with Crippen molar-refractivity contribution in [3.05, 3.63) is 65.9 Å². The normalized spacial score (nSPS) is 16.0. The van der Waals surface area contributed by atoms with E-state index in [9.17, 15) is 14.7 Å². The third kappa shape index (κ3) is 5.20. The number of methoxy groups -OCH3 is 1. The van der Waals surface area contributed by atoms with Crippen LogP contribution in [0.2, 0.25) is 0 Å². The highest BCUT2D eigenvalue weighted by Crippen LogP contribution is 2.35. The van der Waals surface area contributed by atoms with Crippen LogP contribution < -0.4 is 4.74 Å². The summed E-state index contributed by atoms with van der Waals surface area (Å²) in [5.41, 5.74) is 2.82. The minimum atomic E-state index is -0.892. The minimum absolute atomic E-state index is 0.0299. The standard InChI is InChI=1S/C26H30N2O5/c1-33-20-7-8-23-21(16-20)22(17-28(23)14-11-24(29)30)25(26(31)32)27-12-9-19(10-13-27)15-18-5-3-2-4-6-18/h2-8,16-17,19,25H,9-15H2,1H3,(H,29,30)(H,31,32)/t25-/m1/s1. The van der Waals surface area contributed by atoms with Crippen molar-refractivity contribution in [3.63, 3.8) is 0 Å². The van der Waals surface area contributed by atoms with Crippen LogP contribution in [-0.2, 0) is 22.6 Å². The molecule has 0 bridgehead atoms. The fourth-order valence-corrected chi connectivity index (χ4v) is 4.90. The number of carboxylic acids is 2. The Morgan fingerprint density at radius 3 is 2.45 bits per heavy atom. The van der Waals surface area contributed by atoms with E-state index in [4.69, 9.17) is 9.84 Å². The third-order valence-electron chi connectivity index (χ3n) is 6.60. The molecule has 1 aliphatic heterocycles. The molecule has 1 aromatic heterocycles. The lowest BCUT2D eigenvalue weighted by Gasteiger charge is -2.35. The van der Waals surface area contributed by atoms with E-state index >= 15 is 0 Å². The van der Waals surface area contributed by atoms with Gasteiger partial charge in [-0.1, -0.05) is 30.3 Å². The van der Waals surface area contributed by atoms with Gasteiger partial charge in [0.1, 0.15) is 11.8 Å². The zero-order valence-electron chi connectivity index (χ0n) is 18.8. The van der Waals surface area contributed by atoms with Crippen molar-refractivity contribution in [2.45, 2.75) is 38.3 Å². The molecule has 2 heterocycles. The van der Waals surface area contributed by atoms with E-state index in [1.54, 1.807) is 7.11 Å². The first-order valence-electron chi connectivity index (χ1n) is 11.4. The Bertz CT molecular complexity index is 1120. The Morgan fingerprint density at radius 2 is 1.82 bits per heavy atom. The van der Waals surface area contributed by atoms with Crippen molar-refractivity contribution < 1.29 is 24.5 Å². The highest BCUT2D eigenvalue weighted by atomic mass is 16.5. The zero-order chi connectivity index (χ0) is 23.4. The van der Waals surface area contributed by atoms with Crippen LogP contribution in [0.15, 0.2) is 54.7 Å². The largest absolute Gasteiger partial charge is 0.497 e. The summed E-state index contributed by atoms with van der Waals surface area (Å²) in [6, 6.07) is 15.2. The second kappa shape index (κ2) is 10.1. The molecule has 1 aliphatic rings. The van der Waals surface area contributed by atoms with Crippen LogP contribution in [0.5, 0.6) is 5.75 Å². The molecule has 1 saturated heterocycles. The van der Waals surface area contributed by atoms with Crippen LogP contribution >= 0.6 is 0 Å². The molecule has 33 heavy (non-hydrogen) atoms. The van der Waals surface area contributed by atoms with E-state index < -0.39 is 18.0 Å². The Labute approximate surface area is 193 Å². The van der Waals surface area contributed by atoms with Crippen molar-refractivity contribution in [2.24, 2.45) is 5.92 Å². The average molecular weight is 451 g/mol. The van der Waals surface area contributed by atoms with E-state index in [0.717, 1.165) is 30.2 Å². The van der Waals surface area contributed by atoms with Crippen LogP contribution in [0.25, 0.3) is 10.9 Å². The molecular formula is C26H30N2O5. The Morgan fingerprint density at radius 1 is 1.09 bits per heavy atom. The summed E-state index contributed by atoms with van der Waals surface area (Å²) in [6.07, 6.45) is 4.68. The predicted octanol–water partition coefficient (Wildman–Crippen LogP) is 4.21. The Hall–Kier alpha value is -3.32. The molecule has 0 radical (unpaired) electrons. The number of likely N-dealkylation sites (tertiary alicyclic amines) is 1. The predicted molar refractivity (Wildman–Crippen MR) is 126 cm³/mol. The van der Waals surface area contributed by atoms with E-state index in [0.29, 0.717) is 30.3 Å². The van der Waals surface area contributed by atoms with Crippen LogP contribution in [-0.4, -0.2) is 51.8 Å². The van der Waals surface area contributed by atoms with E-state index in [1.807, 2.05) is 39.9 Å². The number of aliphatic carboxylic acids is 2. The fraction of sp³-hybridized carbons (Fsp3) is 0.385. The van der Waals surface area contributed by atoms with Gasteiger partial charge < -0.3 is 19.5 Å². The quantitative estimate of drug-likeness (QED) is 0.508. The molecule has 0 amide bonds. The van der Waals surface area contributed by atoms with E-state index in [1.165, 1.54) is 5.56 Å². The molecule has 0 saturated carbocycles. The van der Waals surface area contributed by atoms with Gasteiger partial charge in [0, 0.05) is 29.2 Å². The maximum Gasteiger partial charge on any atom is 0.325 e. The highest BCUT2D eigenvalue weighted by molar-refractivity contribution is 5.90. The molecule has 7 nitrogen and oxygen atoms in total. The molecule has 2 N–H and O–H groups in total. The van der Waals surface area contributed by atoms with Gasteiger partial charge in [0.15, 0.2) is 0 Å². The first kappa shape index (κ1) is 22.9. The van der Waals surface area contributed by atoms with Gasteiger partial charge in [-0.05, 0) is 62.0 Å². The summed E-state index contributed by atoms with van der Waals surface area (Å²) in [5, 5.41) is 20.1. The summed E-state index contributed by atoms with van der Waals surface area (Å²) in [6.45, 7) is 1.70. The Balaban J connectivity index is 1.59. The lowest BCUT2D eigenvalue weighted by molar-refractivity contribution is -0.144.